The smallest absolute Gasteiger partial charge is 0.220 e. The first-order valence-electron chi connectivity index (χ1n) is 6.80. The molecule has 1 aromatic rings. The number of carbonyl (C=O) groups excluding carboxylic acids is 1. The zero-order valence-electron chi connectivity index (χ0n) is 11.6. The molecular weight excluding hydrogens is 242 g/mol. The number of rotatable bonds is 5. The van der Waals surface area contributed by atoms with Gasteiger partial charge in [0.25, 0.3) is 0 Å². The van der Waals surface area contributed by atoms with Crippen molar-refractivity contribution in [2.75, 3.05) is 19.8 Å². The summed E-state index contributed by atoms with van der Waals surface area (Å²) in [5.74, 6) is 2.12. The van der Waals surface area contributed by atoms with Crippen molar-refractivity contribution in [3.63, 3.8) is 0 Å². The highest BCUT2D eigenvalue weighted by atomic mass is 16.6. The average Bonchev–Trinajstić information content (AvgIpc) is 2.37. The van der Waals surface area contributed by atoms with Gasteiger partial charge in [-0.3, -0.25) is 4.79 Å². The molecule has 104 valence electrons. The number of ether oxygens (including phenoxy) is 2. The molecule has 0 saturated carbocycles. The van der Waals surface area contributed by atoms with Crippen molar-refractivity contribution < 1.29 is 14.3 Å². The minimum atomic E-state index is 0.118. The number of nitrogens with one attached hydrogen (secondary N) is 1. The molecule has 0 saturated heterocycles. The molecule has 0 radical (unpaired) electrons. The molecule has 1 heterocycles. The van der Waals surface area contributed by atoms with Crippen molar-refractivity contribution in [2.24, 2.45) is 5.92 Å². The van der Waals surface area contributed by atoms with Gasteiger partial charge < -0.3 is 14.8 Å². The summed E-state index contributed by atoms with van der Waals surface area (Å²) in [5, 5.41) is 2.93. The van der Waals surface area contributed by atoms with Gasteiger partial charge >= 0.3 is 0 Å². The molecule has 1 aliphatic rings. The Labute approximate surface area is 114 Å². The first kappa shape index (κ1) is 13.7. The van der Waals surface area contributed by atoms with Crippen LogP contribution in [0.1, 0.15) is 25.8 Å². The van der Waals surface area contributed by atoms with Gasteiger partial charge in [-0.15, -0.1) is 0 Å². The number of benzene rings is 1. The first-order chi connectivity index (χ1) is 9.15. The Bertz CT molecular complexity index is 443. The van der Waals surface area contributed by atoms with Crippen LogP contribution >= 0.6 is 0 Å². The Hall–Kier alpha value is -1.71. The molecule has 0 atom stereocenters. The summed E-state index contributed by atoms with van der Waals surface area (Å²) in [6.07, 6.45) is 1.39. The van der Waals surface area contributed by atoms with Crippen molar-refractivity contribution in [2.45, 2.75) is 26.7 Å². The lowest BCUT2D eigenvalue weighted by Crippen LogP contribution is -2.26. The molecule has 2 rings (SSSR count). The molecular formula is C15H21NO3. The van der Waals surface area contributed by atoms with Crippen LogP contribution in [0.3, 0.4) is 0 Å². The van der Waals surface area contributed by atoms with Crippen LogP contribution in [0, 0.1) is 5.92 Å². The topological polar surface area (TPSA) is 47.6 Å². The van der Waals surface area contributed by atoms with Crippen LogP contribution in [0.5, 0.6) is 11.5 Å². The molecule has 1 aliphatic heterocycles. The van der Waals surface area contributed by atoms with Gasteiger partial charge in [-0.05, 0) is 30.0 Å². The highest BCUT2D eigenvalue weighted by Gasteiger charge is 2.11. The van der Waals surface area contributed by atoms with Crippen molar-refractivity contribution in [3.8, 4) is 11.5 Å². The van der Waals surface area contributed by atoms with Crippen LogP contribution in [-0.4, -0.2) is 25.7 Å². The zero-order valence-corrected chi connectivity index (χ0v) is 11.6. The van der Waals surface area contributed by atoms with Crippen LogP contribution < -0.4 is 14.8 Å². The Morgan fingerprint density at radius 3 is 2.74 bits per heavy atom. The van der Waals surface area contributed by atoms with Gasteiger partial charge in [0.1, 0.15) is 13.2 Å². The molecule has 0 bridgehead atoms. The first-order valence-corrected chi connectivity index (χ1v) is 6.80. The number of fused-ring (bicyclic) bond motifs is 1. The summed E-state index contributed by atoms with van der Waals surface area (Å²) < 4.78 is 11.0. The van der Waals surface area contributed by atoms with Crippen LogP contribution in [-0.2, 0) is 11.2 Å². The van der Waals surface area contributed by atoms with E-state index in [-0.39, 0.29) is 5.91 Å². The molecule has 1 aromatic carbocycles. The fourth-order valence-corrected chi connectivity index (χ4v) is 2.03. The van der Waals surface area contributed by atoms with Gasteiger partial charge in [0.05, 0.1) is 0 Å². The van der Waals surface area contributed by atoms with Crippen molar-refractivity contribution >= 4 is 5.91 Å². The minimum Gasteiger partial charge on any atom is -0.486 e. The summed E-state index contributed by atoms with van der Waals surface area (Å²) in [6.45, 7) is 5.95. The van der Waals surface area contributed by atoms with E-state index in [1.54, 1.807) is 0 Å². The molecule has 1 N–H and O–H groups in total. The van der Waals surface area contributed by atoms with Gasteiger partial charge in [0.15, 0.2) is 11.5 Å². The average molecular weight is 263 g/mol. The van der Waals surface area contributed by atoms with E-state index in [0.717, 1.165) is 23.5 Å². The summed E-state index contributed by atoms with van der Waals surface area (Å²) in [7, 11) is 0. The predicted molar refractivity (Wildman–Crippen MR) is 73.6 cm³/mol. The molecule has 19 heavy (non-hydrogen) atoms. The normalized spacial score (nSPS) is 13.4. The molecule has 0 aromatic heterocycles. The Morgan fingerprint density at radius 2 is 2.00 bits per heavy atom. The Kier molecular flexibility index (Phi) is 4.66. The molecule has 0 fully saturated rings. The molecule has 0 aliphatic carbocycles. The molecule has 1 amide bonds. The Balaban J connectivity index is 1.81. The lowest BCUT2D eigenvalue weighted by molar-refractivity contribution is -0.121. The van der Waals surface area contributed by atoms with Gasteiger partial charge in [0, 0.05) is 13.0 Å². The predicted octanol–water partition coefficient (Wildman–Crippen LogP) is 2.16. The molecule has 0 unspecified atom stereocenters. The second-order valence-corrected chi connectivity index (χ2v) is 5.18. The summed E-state index contributed by atoms with van der Waals surface area (Å²) in [4.78, 5) is 11.5. The van der Waals surface area contributed by atoms with E-state index in [1.807, 2.05) is 32.0 Å². The van der Waals surface area contributed by atoms with Gasteiger partial charge in [0.2, 0.25) is 5.91 Å². The van der Waals surface area contributed by atoms with E-state index in [0.29, 0.717) is 32.1 Å². The third kappa shape index (κ3) is 4.16. The van der Waals surface area contributed by atoms with Crippen LogP contribution in [0.2, 0.25) is 0 Å². The largest absolute Gasteiger partial charge is 0.486 e. The highest BCUT2D eigenvalue weighted by molar-refractivity contribution is 5.76. The minimum absolute atomic E-state index is 0.118. The lowest BCUT2D eigenvalue weighted by Gasteiger charge is -2.18. The number of hydrogen-bond donors (Lipinski definition) is 1. The fraction of sp³-hybridized carbons (Fsp3) is 0.533. The van der Waals surface area contributed by atoms with Gasteiger partial charge in [-0.1, -0.05) is 19.9 Å². The maximum Gasteiger partial charge on any atom is 0.220 e. The number of carbonyl (C=O) groups is 1. The maximum atomic E-state index is 11.5. The third-order valence-corrected chi connectivity index (χ3v) is 2.94. The summed E-state index contributed by atoms with van der Waals surface area (Å²) in [6, 6.07) is 5.94. The third-order valence-electron chi connectivity index (χ3n) is 2.94. The van der Waals surface area contributed by atoms with Crippen molar-refractivity contribution in [1.29, 1.82) is 0 Å². The SMILES string of the molecule is CC(C)CC(=O)NCCc1ccc2c(c1)OCCO2. The quantitative estimate of drug-likeness (QED) is 0.885. The van der Waals surface area contributed by atoms with E-state index in [4.69, 9.17) is 9.47 Å². The van der Waals surface area contributed by atoms with E-state index in [9.17, 15) is 4.79 Å². The van der Waals surface area contributed by atoms with E-state index >= 15 is 0 Å². The number of amides is 1. The molecule has 4 heteroatoms. The second kappa shape index (κ2) is 6.45. The second-order valence-electron chi connectivity index (χ2n) is 5.18. The summed E-state index contributed by atoms with van der Waals surface area (Å²) >= 11 is 0. The standard InChI is InChI=1S/C15H21NO3/c1-11(2)9-15(17)16-6-5-12-3-4-13-14(10-12)19-8-7-18-13/h3-4,10-11H,5-9H2,1-2H3,(H,16,17). The van der Waals surface area contributed by atoms with Gasteiger partial charge in [-0.2, -0.15) is 0 Å². The fourth-order valence-electron chi connectivity index (χ4n) is 2.03. The summed E-state index contributed by atoms with van der Waals surface area (Å²) in [5.41, 5.74) is 1.15. The molecule has 4 nitrogen and oxygen atoms in total. The molecule has 0 spiro atoms. The van der Waals surface area contributed by atoms with E-state index in [2.05, 4.69) is 5.32 Å². The van der Waals surface area contributed by atoms with Crippen molar-refractivity contribution in [3.05, 3.63) is 23.8 Å². The maximum absolute atomic E-state index is 11.5. The zero-order chi connectivity index (χ0) is 13.7. The van der Waals surface area contributed by atoms with Crippen LogP contribution in [0.15, 0.2) is 18.2 Å². The van der Waals surface area contributed by atoms with E-state index in [1.165, 1.54) is 0 Å². The van der Waals surface area contributed by atoms with Gasteiger partial charge in [-0.25, -0.2) is 0 Å². The van der Waals surface area contributed by atoms with Crippen LogP contribution in [0.25, 0.3) is 0 Å². The number of hydrogen-bond acceptors (Lipinski definition) is 3. The van der Waals surface area contributed by atoms with Crippen molar-refractivity contribution in [1.82, 2.24) is 5.32 Å². The Morgan fingerprint density at radius 1 is 1.26 bits per heavy atom. The lowest BCUT2D eigenvalue weighted by atomic mass is 10.1. The van der Waals surface area contributed by atoms with E-state index < -0.39 is 0 Å². The highest BCUT2D eigenvalue weighted by Crippen LogP contribution is 2.30. The monoisotopic (exact) mass is 263 g/mol. The van der Waals surface area contributed by atoms with Crippen LogP contribution in [0.4, 0.5) is 0 Å².